The molecule has 9 heteroatoms. The average Bonchev–Trinajstić information content (AvgIpc) is 2.87. The largest absolute Gasteiger partial charge is 0.508 e. The van der Waals surface area contributed by atoms with Crippen molar-refractivity contribution in [2.45, 2.75) is 6.54 Å². The molecular weight excluding hydrogens is 450 g/mol. The van der Waals surface area contributed by atoms with Crippen LogP contribution in [0.5, 0.6) is 23.0 Å². The second-order valence-corrected chi connectivity index (χ2v) is 8.19. The molecule has 0 spiro atoms. The first-order valence-electron chi connectivity index (χ1n) is 11.4. The standard InChI is InChI=1S/C26H29N3O6/c1-33-21-6-7-22(30)20(12-21)15-29-10-8-27-25(31)16-34-23-13-18-4-2-3-5-19(18)14-24(23)35-17-26(32)28-9-11-29/h2-7,12-14,30H,8-11,15-17H2,1H3,(H,27,31)(H,28,32). The van der Waals surface area contributed by atoms with Crippen molar-refractivity contribution in [2.24, 2.45) is 0 Å². The number of rotatable bonds is 3. The Morgan fingerprint density at radius 1 is 0.886 bits per heavy atom. The maximum absolute atomic E-state index is 12.4. The third-order valence-electron chi connectivity index (χ3n) is 5.71. The minimum Gasteiger partial charge on any atom is -0.508 e. The molecule has 0 aliphatic carbocycles. The molecule has 0 bridgehead atoms. The number of carbonyl (C=O) groups is 2. The van der Waals surface area contributed by atoms with Crippen LogP contribution in [0.3, 0.4) is 0 Å². The molecule has 3 N–H and O–H groups in total. The number of fused-ring (bicyclic) bond motifs is 2. The first-order chi connectivity index (χ1) is 17.0. The minimum absolute atomic E-state index is 0.154. The summed E-state index contributed by atoms with van der Waals surface area (Å²) in [5.74, 6) is 1.06. The van der Waals surface area contributed by atoms with E-state index in [1.165, 1.54) is 0 Å². The Labute approximate surface area is 203 Å². The molecule has 0 fully saturated rings. The third kappa shape index (κ3) is 6.54. The molecule has 4 rings (SSSR count). The van der Waals surface area contributed by atoms with E-state index < -0.39 is 0 Å². The van der Waals surface area contributed by atoms with Crippen molar-refractivity contribution >= 4 is 22.6 Å². The fraction of sp³-hybridized carbons (Fsp3) is 0.308. The molecule has 1 heterocycles. The zero-order chi connectivity index (χ0) is 24.6. The van der Waals surface area contributed by atoms with Gasteiger partial charge in [0, 0.05) is 38.3 Å². The van der Waals surface area contributed by atoms with Gasteiger partial charge in [0.2, 0.25) is 0 Å². The summed E-state index contributed by atoms with van der Waals surface area (Å²) >= 11 is 0. The highest BCUT2D eigenvalue weighted by atomic mass is 16.5. The number of ether oxygens (including phenoxy) is 3. The van der Waals surface area contributed by atoms with Gasteiger partial charge in [-0.25, -0.2) is 0 Å². The lowest BCUT2D eigenvalue weighted by atomic mass is 10.1. The minimum atomic E-state index is -0.266. The van der Waals surface area contributed by atoms with Gasteiger partial charge < -0.3 is 30.0 Å². The number of carbonyl (C=O) groups excluding carboxylic acids is 2. The quantitative estimate of drug-likeness (QED) is 0.528. The van der Waals surface area contributed by atoms with Gasteiger partial charge in [-0.05, 0) is 41.1 Å². The van der Waals surface area contributed by atoms with Gasteiger partial charge in [0.15, 0.2) is 24.7 Å². The molecule has 2 amide bonds. The second kappa shape index (κ2) is 11.4. The number of nitrogens with zero attached hydrogens (tertiary/aromatic N) is 1. The van der Waals surface area contributed by atoms with Crippen LogP contribution in [0.2, 0.25) is 0 Å². The van der Waals surface area contributed by atoms with Crippen LogP contribution in [-0.4, -0.2) is 68.3 Å². The summed E-state index contributed by atoms with van der Waals surface area (Å²) in [7, 11) is 1.57. The van der Waals surface area contributed by atoms with Crippen LogP contribution < -0.4 is 24.8 Å². The number of nitrogens with one attached hydrogen (secondary N) is 2. The molecule has 0 saturated carbocycles. The van der Waals surface area contributed by atoms with Crippen molar-refractivity contribution in [3.8, 4) is 23.0 Å². The lowest BCUT2D eigenvalue weighted by Crippen LogP contribution is -2.40. The fourth-order valence-corrected chi connectivity index (χ4v) is 3.85. The molecule has 1 aliphatic heterocycles. The zero-order valence-electron chi connectivity index (χ0n) is 19.6. The summed E-state index contributed by atoms with van der Waals surface area (Å²) in [5.41, 5.74) is 0.689. The van der Waals surface area contributed by atoms with Crippen LogP contribution in [-0.2, 0) is 16.1 Å². The monoisotopic (exact) mass is 479 g/mol. The highest BCUT2D eigenvalue weighted by Gasteiger charge is 2.15. The highest BCUT2D eigenvalue weighted by Crippen LogP contribution is 2.32. The number of methoxy groups -OCH3 is 1. The predicted molar refractivity (Wildman–Crippen MR) is 131 cm³/mol. The number of amides is 2. The van der Waals surface area contributed by atoms with Crippen molar-refractivity contribution < 1.29 is 28.9 Å². The van der Waals surface area contributed by atoms with Crippen molar-refractivity contribution in [2.75, 3.05) is 46.5 Å². The average molecular weight is 480 g/mol. The van der Waals surface area contributed by atoms with Crippen molar-refractivity contribution in [1.82, 2.24) is 15.5 Å². The van der Waals surface area contributed by atoms with Crippen LogP contribution in [0.1, 0.15) is 5.56 Å². The van der Waals surface area contributed by atoms with Crippen molar-refractivity contribution in [3.63, 3.8) is 0 Å². The Bertz CT molecular complexity index is 1130. The number of hydrogen-bond donors (Lipinski definition) is 3. The molecule has 9 nitrogen and oxygen atoms in total. The van der Waals surface area contributed by atoms with E-state index >= 15 is 0 Å². The molecular formula is C26H29N3O6. The molecule has 184 valence electrons. The van der Waals surface area contributed by atoms with Gasteiger partial charge in [-0.15, -0.1) is 0 Å². The lowest BCUT2D eigenvalue weighted by molar-refractivity contribution is -0.124. The summed E-state index contributed by atoms with van der Waals surface area (Å²) in [6.07, 6.45) is 0. The molecule has 3 aromatic rings. The Hall–Kier alpha value is -3.98. The number of aromatic hydroxyl groups is 1. The Balaban J connectivity index is 1.47. The van der Waals surface area contributed by atoms with E-state index in [4.69, 9.17) is 14.2 Å². The van der Waals surface area contributed by atoms with Gasteiger partial charge in [0.25, 0.3) is 11.8 Å². The SMILES string of the molecule is COc1ccc(O)c(CN2CCNC(=O)COc3cc4ccccc4cc3OCC(=O)NCC2)c1. The van der Waals surface area contributed by atoms with Crippen LogP contribution in [0.25, 0.3) is 10.8 Å². The highest BCUT2D eigenvalue weighted by molar-refractivity contribution is 5.86. The molecule has 1 aliphatic rings. The maximum Gasteiger partial charge on any atom is 0.257 e. The zero-order valence-corrected chi connectivity index (χ0v) is 19.6. The molecule has 0 radical (unpaired) electrons. The van der Waals surface area contributed by atoms with Gasteiger partial charge >= 0.3 is 0 Å². The first kappa shape index (κ1) is 24.2. The van der Waals surface area contributed by atoms with E-state index in [-0.39, 0.29) is 30.8 Å². The van der Waals surface area contributed by atoms with Gasteiger partial charge in [0.05, 0.1) is 7.11 Å². The Kier molecular flexibility index (Phi) is 7.89. The smallest absolute Gasteiger partial charge is 0.257 e. The molecule has 35 heavy (non-hydrogen) atoms. The normalized spacial score (nSPS) is 16.0. The molecule has 0 atom stereocenters. The van der Waals surface area contributed by atoms with Crippen LogP contribution in [0.4, 0.5) is 0 Å². The molecule has 0 aromatic heterocycles. The summed E-state index contributed by atoms with van der Waals surface area (Å²) < 4.78 is 16.8. The van der Waals surface area contributed by atoms with Crippen LogP contribution in [0.15, 0.2) is 54.6 Å². The summed E-state index contributed by atoms with van der Waals surface area (Å²) in [5, 5.41) is 17.9. The third-order valence-corrected chi connectivity index (χ3v) is 5.71. The molecule has 0 unspecified atom stereocenters. The van der Waals surface area contributed by atoms with Crippen molar-refractivity contribution in [1.29, 1.82) is 0 Å². The number of hydrogen-bond acceptors (Lipinski definition) is 7. The van der Waals surface area contributed by atoms with Gasteiger partial charge in [0.1, 0.15) is 11.5 Å². The van der Waals surface area contributed by atoms with Crippen LogP contribution in [0, 0.1) is 0 Å². The van der Waals surface area contributed by atoms with Gasteiger partial charge in [-0.1, -0.05) is 24.3 Å². The van der Waals surface area contributed by atoms with Gasteiger partial charge in [-0.3, -0.25) is 14.5 Å². The molecule has 3 aromatic carbocycles. The number of phenolic OH excluding ortho intramolecular Hbond substituents is 1. The van der Waals surface area contributed by atoms with Crippen molar-refractivity contribution in [3.05, 3.63) is 60.2 Å². The second-order valence-electron chi connectivity index (χ2n) is 8.19. The van der Waals surface area contributed by atoms with E-state index in [2.05, 4.69) is 10.6 Å². The number of benzene rings is 3. The van der Waals surface area contributed by atoms with E-state index in [0.717, 1.165) is 10.8 Å². The lowest BCUT2D eigenvalue weighted by Gasteiger charge is -2.23. The molecule has 0 saturated heterocycles. The Morgan fingerprint density at radius 2 is 1.46 bits per heavy atom. The van der Waals surface area contributed by atoms with E-state index in [9.17, 15) is 14.7 Å². The first-order valence-corrected chi connectivity index (χ1v) is 11.4. The Morgan fingerprint density at radius 3 is 2.00 bits per heavy atom. The van der Waals surface area contributed by atoms with Crippen LogP contribution >= 0.6 is 0 Å². The fourth-order valence-electron chi connectivity index (χ4n) is 3.85. The maximum atomic E-state index is 12.4. The van der Waals surface area contributed by atoms with E-state index in [1.54, 1.807) is 37.4 Å². The van der Waals surface area contributed by atoms with E-state index in [0.29, 0.717) is 55.5 Å². The summed E-state index contributed by atoms with van der Waals surface area (Å²) in [6, 6.07) is 16.4. The van der Waals surface area contributed by atoms with Gasteiger partial charge in [-0.2, -0.15) is 0 Å². The number of phenols is 1. The summed E-state index contributed by atoms with van der Waals surface area (Å²) in [4.78, 5) is 26.9. The summed E-state index contributed by atoms with van der Waals surface area (Å²) in [6.45, 7) is 1.82. The predicted octanol–water partition coefficient (Wildman–Crippen LogP) is 2.06. The topological polar surface area (TPSA) is 109 Å². The van der Waals surface area contributed by atoms with E-state index in [1.807, 2.05) is 29.2 Å².